The lowest BCUT2D eigenvalue weighted by Crippen LogP contribution is -1.85. The van der Waals surface area contributed by atoms with Crippen LogP contribution in [0.3, 0.4) is 0 Å². The Kier molecular flexibility index (Phi) is 30.1. The molecule has 0 aromatic rings. The molecule has 0 aliphatic carbocycles. The van der Waals surface area contributed by atoms with Crippen LogP contribution < -0.4 is 0 Å². The van der Waals surface area contributed by atoms with Crippen molar-refractivity contribution in [2.24, 2.45) is 0 Å². The lowest BCUT2D eigenvalue weighted by Gasteiger charge is -2.04. The number of hydrogen-bond donors (Lipinski definition) is 0. The number of hydrogen-bond acceptors (Lipinski definition) is 0. The Labute approximate surface area is 205 Å². The predicted octanol–water partition coefficient (Wildman–Crippen LogP) is 11.7. The summed E-state index contributed by atoms with van der Waals surface area (Å²) in [5, 5.41) is 0. The van der Waals surface area contributed by atoms with Crippen molar-refractivity contribution in [2.45, 2.75) is 186 Å². The first-order chi connectivity index (χ1) is 15.9. The molecule has 0 atom stereocenters. The van der Waals surface area contributed by atoms with Crippen molar-refractivity contribution in [1.29, 1.82) is 0 Å². The van der Waals surface area contributed by atoms with Gasteiger partial charge >= 0.3 is 0 Å². The number of rotatable bonds is 28. The van der Waals surface area contributed by atoms with E-state index in [1.54, 1.807) is 0 Å². The largest absolute Gasteiger partial charge is 0.0891 e. The average molecular weight is 445 g/mol. The topological polar surface area (TPSA) is 0 Å². The van der Waals surface area contributed by atoms with Crippen LogP contribution in [-0.4, -0.2) is 0 Å². The summed E-state index contributed by atoms with van der Waals surface area (Å²) >= 11 is 0. The molecule has 0 aliphatic rings. The van der Waals surface area contributed by atoms with E-state index in [9.17, 15) is 0 Å². The minimum Gasteiger partial charge on any atom is -0.0891 e. The van der Waals surface area contributed by atoms with Gasteiger partial charge in [-0.15, -0.1) is 0 Å². The second kappa shape index (κ2) is 30.6. The molecule has 2 radical (unpaired) electrons. The summed E-state index contributed by atoms with van der Waals surface area (Å²) in [6, 6.07) is 0. The summed E-state index contributed by atoms with van der Waals surface area (Å²) in [6.07, 6.45) is 47.6. The summed E-state index contributed by atoms with van der Waals surface area (Å²) in [7, 11) is 0. The molecule has 0 heterocycles. The van der Waals surface area contributed by atoms with Crippen molar-refractivity contribution in [1.82, 2.24) is 0 Å². The van der Waals surface area contributed by atoms with Gasteiger partial charge in [-0.2, -0.15) is 0 Å². The summed E-state index contributed by atoms with van der Waals surface area (Å²) in [5.41, 5.74) is 0. The van der Waals surface area contributed by atoms with Crippen LogP contribution in [0.1, 0.15) is 186 Å². The van der Waals surface area contributed by atoms with E-state index in [0.29, 0.717) is 0 Å². The highest BCUT2D eigenvalue weighted by Crippen LogP contribution is 2.16. The Morgan fingerprint density at radius 3 is 0.688 bits per heavy atom. The number of unbranched alkanes of at least 4 members (excludes halogenated alkanes) is 28. The molecular formula is C32H60. The molecule has 0 amide bonds. The SMILES string of the molecule is [C]#CCCCCCCCCCCCCCCCCCCCCCCCCCCCCC[CH2]. The van der Waals surface area contributed by atoms with Crippen molar-refractivity contribution in [2.75, 3.05) is 0 Å². The first-order valence-corrected chi connectivity index (χ1v) is 15.1. The van der Waals surface area contributed by atoms with Crippen LogP contribution >= 0.6 is 0 Å². The Morgan fingerprint density at radius 2 is 0.500 bits per heavy atom. The van der Waals surface area contributed by atoms with Crippen molar-refractivity contribution in [3.8, 4) is 5.92 Å². The standard InChI is InChI=1S/C32H60/c1-3-5-7-9-11-13-15-17-19-21-23-25-27-29-31-32-30-28-26-24-22-20-18-16-14-12-10-8-6-4-2/h1,3,5-32H2. The monoisotopic (exact) mass is 444 g/mol. The third kappa shape index (κ3) is 29.6. The molecule has 0 aromatic heterocycles. The fourth-order valence-electron chi connectivity index (χ4n) is 4.81. The van der Waals surface area contributed by atoms with E-state index in [0.717, 1.165) is 12.8 Å². The molecule has 0 unspecified atom stereocenters. The molecule has 0 N–H and O–H groups in total. The highest BCUT2D eigenvalue weighted by Gasteiger charge is 1.96. The van der Waals surface area contributed by atoms with Gasteiger partial charge in [0.05, 0.1) is 0 Å². The van der Waals surface area contributed by atoms with E-state index in [4.69, 9.17) is 6.42 Å². The van der Waals surface area contributed by atoms with Gasteiger partial charge in [0.25, 0.3) is 0 Å². The zero-order chi connectivity index (χ0) is 23.2. The Hall–Kier alpha value is -0.440. The maximum atomic E-state index is 6.90. The molecule has 0 heteroatoms. The lowest BCUT2D eigenvalue weighted by atomic mass is 10.0. The first kappa shape index (κ1) is 31.6. The highest BCUT2D eigenvalue weighted by atomic mass is 14.0. The van der Waals surface area contributed by atoms with E-state index < -0.39 is 0 Å². The van der Waals surface area contributed by atoms with Gasteiger partial charge in [0.1, 0.15) is 0 Å². The van der Waals surface area contributed by atoms with Gasteiger partial charge in [-0.1, -0.05) is 186 Å². The van der Waals surface area contributed by atoms with Crippen LogP contribution in [0.15, 0.2) is 0 Å². The molecule has 0 aliphatic heterocycles. The van der Waals surface area contributed by atoms with Gasteiger partial charge in [0, 0.05) is 6.42 Å². The smallest absolute Gasteiger partial charge is 0.00989 e. The van der Waals surface area contributed by atoms with E-state index in [1.165, 1.54) is 173 Å². The Bertz CT molecular complexity index is 350. The maximum absolute atomic E-state index is 6.90. The van der Waals surface area contributed by atoms with Crippen LogP contribution in [0.25, 0.3) is 0 Å². The molecule has 188 valence electrons. The highest BCUT2D eigenvalue weighted by molar-refractivity contribution is 4.74. The molecule has 0 bridgehead atoms. The zero-order valence-corrected chi connectivity index (χ0v) is 22.2. The molecule has 0 rings (SSSR count). The van der Waals surface area contributed by atoms with Gasteiger partial charge in [-0.3, -0.25) is 0 Å². The summed E-state index contributed by atoms with van der Waals surface area (Å²) in [6.45, 7) is 3.92. The first-order valence-electron chi connectivity index (χ1n) is 15.1. The molecule has 0 fully saturated rings. The maximum Gasteiger partial charge on any atom is 0.00989 e. The van der Waals surface area contributed by atoms with Crippen LogP contribution in [0.2, 0.25) is 0 Å². The van der Waals surface area contributed by atoms with E-state index >= 15 is 0 Å². The quantitative estimate of drug-likeness (QED) is 0.0831. The van der Waals surface area contributed by atoms with Crippen LogP contribution in [0.4, 0.5) is 0 Å². The third-order valence-electron chi connectivity index (χ3n) is 7.05. The summed E-state index contributed by atoms with van der Waals surface area (Å²) < 4.78 is 0. The van der Waals surface area contributed by atoms with Gasteiger partial charge in [-0.05, 0) is 12.8 Å². The summed E-state index contributed by atoms with van der Waals surface area (Å²) in [4.78, 5) is 0. The fraction of sp³-hybridized carbons (Fsp3) is 0.906. The molecular weight excluding hydrogens is 384 g/mol. The van der Waals surface area contributed by atoms with Gasteiger partial charge in [0.2, 0.25) is 0 Å². The van der Waals surface area contributed by atoms with Gasteiger partial charge < -0.3 is 0 Å². The van der Waals surface area contributed by atoms with Gasteiger partial charge in [0.15, 0.2) is 0 Å². The third-order valence-corrected chi connectivity index (χ3v) is 7.05. The van der Waals surface area contributed by atoms with Crippen molar-refractivity contribution < 1.29 is 0 Å². The summed E-state index contributed by atoms with van der Waals surface area (Å²) in [5.74, 6) is 2.49. The van der Waals surface area contributed by atoms with Crippen molar-refractivity contribution >= 4 is 0 Å². The van der Waals surface area contributed by atoms with E-state index in [2.05, 4.69) is 12.8 Å². The van der Waals surface area contributed by atoms with Gasteiger partial charge in [-0.25, -0.2) is 0 Å². The average Bonchev–Trinajstić information content (AvgIpc) is 2.81. The van der Waals surface area contributed by atoms with E-state index in [-0.39, 0.29) is 0 Å². The second-order valence-corrected chi connectivity index (χ2v) is 10.3. The zero-order valence-electron chi connectivity index (χ0n) is 22.2. The van der Waals surface area contributed by atoms with Crippen molar-refractivity contribution in [3.63, 3.8) is 0 Å². The van der Waals surface area contributed by atoms with Crippen LogP contribution in [0, 0.1) is 19.3 Å². The second-order valence-electron chi connectivity index (χ2n) is 10.3. The van der Waals surface area contributed by atoms with E-state index in [1.807, 2.05) is 0 Å². The minimum atomic E-state index is 0.859. The fourth-order valence-corrected chi connectivity index (χ4v) is 4.81. The lowest BCUT2D eigenvalue weighted by molar-refractivity contribution is 0.514. The molecule has 0 spiro atoms. The molecule has 32 heavy (non-hydrogen) atoms. The molecule has 0 nitrogen and oxygen atoms in total. The van der Waals surface area contributed by atoms with Crippen LogP contribution in [-0.2, 0) is 0 Å². The molecule has 0 aromatic carbocycles. The molecule has 0 saturated carbocycles. The van der Waals surface area contributed by atoms with Crippen LogP contribution in [0.5, 0.6) is 0 Å². The van der Waals surface area contributed by atoms with Crippen molar-refractivity contribution in [3.05, 3.63) is 13.3 Å². The Balaban J connectivity index is 2.99. The normalized spacial score (nSPS) is 11.1. The minimum absolute atomic E-state index is 0.859. The molecule has 0 saturated heterocycles. The Morgan fingerprint density at radius 1 is 0.312 bits per heavy atom. The predicted molar refractivity (Wildman–Crippen MR) is 146 cm³/mol.